The molecule has 0 bridgehead atoms. The molecule has 0 radical (unpaired) electrons. The van der Waals surface area contributed by atoms with Gasteiger partial charge >= 0.3 is 5.97 Å². The molecule has 328 valence electrons. The van der Waals surface area contributed by atoms with Crippen LogP contribution in [0.2, 0.25) is 0 Å². The number of hydrogen-bond donors (Lipinski definition) is 1. The number of rotatable bonds is 27. The maximum atomic E-state index is 13.8. The minimum absolute atomic E-state index is 0.0423. The summed E-state index contributed by atoms with van der Waals surface area (Å²) >= 11 is 0. The van der Waals surface area contributed by atoms with Crippen LogP contribution in [-0.2, 0) is 40.1 Å². The third kappa shape index (κ3) is 14.6. The minimum atomic E-state index is -1.41. The van der Waals surface area contributed by atoms with E-state index in [1.54, 1.807) is 14.2 Å². The van der Waals surface area contributed by atoms with Crippen LogP contribution in [0.5, 0.6) is 11.5 Å². The lowest BCUT2D eigenvalue weighted by Crippen LogP contribution is -2.47. The highest BCUT2D eigenvalue weighted by molar-refractivity contribution is 7.44. The lowest BCUT2D eigenvalue weighted by atomic mass is 9.80. The molecule has 2 atom stereocenters. The number of methoxy groups -OCH3 is 3. The summed E-state index contributed by atoms with van der Waals surface area (Å²) in [5, 5.41) is 12.1. The largest absolute Gasteiger partial charge is 0.497 e. The van der Waals surface area contributed by atoms with Crippen molar-refractivity contribution in [2.45, 2.75) is 77.1 Å². The Morgan fingerprint density at radius 3 is 1.72 bits per heavy atom. The van der Waals surface area contributed by atoms with Gasteiger partial charge in [-0.1, -0.05) is 84.9 Å². The van der Waals surface area contributed by atoms with Gasteiger partial charge in [0.25, 0.3) is 8.53 Å². The van der Waals surface area contributed by atoms with Crippen LogP contribution < -0.4 is 14.8 Å². The number of esters is 1. The first-order valence-electron chi connectivity index (χ1n) is 20.9. The molecule has 0 aromatic heterocycles. The molecule has 61 heavy (non-hydrogen) atoms. The molecular weight excluding hydrogens is 792 g/mol. The molecule has 0 saturated carbocycles. The van der Waals surface area contributed by atoms with E-state index in [2.05, 4.69) is 60.8 Å². The van der Waals surface area contributed by atoms with Crippen LogP contribution in [0.4, 0.5) is 0 Å². The second kappa shape index (κ2) is 25.8. The Balaban J connectivity index is 1.57. The molecule has 4 rings (SSSR count). The Labute approximate surface area is 364 Å². The predicted octanol–water partition coefficient (Wildman–Crippen LogP) is 8.29. The molecule has 0 aliphatic heterocycles. The van der Waals surface area contributed by atoms with E-state index in [0.29, 0.717) is 45.6 Å². The molecule has 1 unspecified atom stereocenters. The summed E-state index contributed by atoms with van der Waals surface area (Å²) in [6.45, 7) is 10.5. The van der Waals surface area contributed by atoms with Crippen LogP contribution in [0.3, 0.4) is 0 Å². The van der Waals surface area contributed by atoms with Crippen molar-refractivity contribution in [3.8, 4) is 17.6 Å². The van der Waals surface area contributed by atoms with Gasteiger partial charge in [-0.15, -0.1) is 0 Å². The Morgan fingerprint density at radius 1 is 0.705 bits per heavy atom. The van der Waals surface area contributed by atoms with E-state index < -0.39 is 26.1 Å². The maximum absolute atomic E-state index is 13.8. The third-order valence-corrected chi connectivity index (χ3v) is 12.2. The van der Waals surface area contributed by atoms with Crippen molar-refractivity contribution < 1.29 is 37.6 Å². The van der Waals surface area contributed by atoms with E-state index in [1.807, 2.05) is 97.1 Å². The smallest absolute Gasteiger partial charge is 0.328 e. The Kier molecular flexibility index (Phi) is 20.6. The molecule has 1 amide bonds. The highest BCUT2D eigenvalue weighted by Gasteiger charge is 2.38. The quantitative estimate of drug-likeness (QED) is 0.0269. The number of benzene rings is 4. The summed E-state index contributed by atoms with van der Waals surface area (Å²) in [7, 11) is 3.20. The average molecular weight is 855 g/mol. The fourth-order valence-corrected chi connectivity index (χ4v) is 8.86. The van der Waals surface area contributed by atoms with E-state index >= 15 is 0 Å². The molecule has 0 spiro atoms. The van der Waals surface area contributed by atoms with Crippen molar-refractivity contribution >= 4 is 20.4 Å². The van der Waals surface area contributed by atoms with Gasteiger partial charge in [-0.05, 0) is 87.1 Å². The highest BCUT2D eigenvalue weighted by atomic mass is 31.2. The van der Waals surface area contributed by atoms with Gasteiger partial charge in [0.15, 0.2) is 0 Å². The molecule has 0 aliphatic rings. The van der Waals surface area contributed by atoms with E-state index in [-0.39, 0.29) is 37.6 Å². The summed E-state index contributed by atoms with van der Waals surface area (Å²) in [4.78, 5) is 28.7. The first-order valence-corrected chi connectivity index (χ1v) is 22.0. The van der Waals surface area contributed by atoms with Gasteiger partial charge in [0, 0.05) is 38.2 Å². The van der Waals surface area contributed by atoms with E-state index in [4.69, 9.17) is 33.3 Å². The number of nitriles is 1. The van der Waals surface area contributed by atoms with Crippen molar-refractivity contribution in [1.29, 1.82) is 5.26 Å². The van der Waals surface area contributed by atoms with Gasteiger partial charge in [-0.2, -0.15) is 5.26 Å². The van der Waals surface area contributed by atoms with Gasteiger partial charge in [0.2, 0.25) is 5.91 Å². The maximum Gasteiger partial charge on any atom is 0.328 e. The first-order chi connectivity index (χ1) is 29.6. The van der Waals surface area contributed by atoms with Gasteiger partial charge in [-0.25, -0.2) is 9.46 Å². The Morgan fingerprint density at radius 2 is 1.21 bits per heavy atom. The molecular formula is C48H63N4O8P. The number of ether oxygens (including phenoxy) is 4. The van der Waals surface area contributed by atoms with Crippen LogP contribution in [0.15, 0.2) is 109 Å². The number of nitrogens with zero attached hydrogens (tertiary/aromatic N) is 3. The standard InChI is InChI=1S/C48H63N4O8P/c1-37(2)52(38(3)4)61(59-33-14-29-49)60-34-16-31-51(36-46(53)50-45(47(54)57-7)35-39-17-10-8-11-18-39)30-15-32-58-48(40-19-12-9-13-20-40,41-21-25-43(55-5)26-22-41)42-23-27-44(56-6)28-24-42/h8-13,17-28,37-38,45H,14-16,30-36H2,1-7H3,(H,50,53)/t45-,61?/m0/s1. The van der Waals surface area contributed by atoms with E-state index in [9.17, 15) is 9.59 Å². The Hall–Kier alpha value is -4.86. The molecule has 4 aromatic rings. The molecule has 13 heteroatoms. The van der Waals surface area contributed by atoms with E-state index in [1.165, 1.54) is 7.11 Å². The first kappa shape index (κ1) is 48.8. The number of amides is 1. The monoisotopic (exact) mass is 854 g/mol. The van der Waals surface area contributed by atoms with Gasteiger partial charge in [0.1, 0.15) is 23.1 Å². The molecule has 1 N–H and O–H groups in total. The summed E-state index contributed by atoms with van der Waals surface area (Å²) < 4.78 is 37.9. The minimum Gasteiger partial charge on any atom is -0.497 e. The summed E-state index contributed by atoms with van der Waals surface area (Å²) in [6, 6.07) is 37.1. The lowest BCUT2D eigenvalue weighted by Gasteiger charge is -2.36. The summed E-state index contributed by atoms with van der Waals surface area (Å²) in [5.74, 6) is 0.665. The second-order valence-corrected chi connectivity index (χ2v) is 16.5. The van der Waals surface area contributed by atoms with Gasteiger partial charge < -0.3 is 33.3 Å². The third-order valence-electron chi connectivity index (χ3n) is 10.1. The molecule has 0 aliphatic carbocycles. The normalized spacial score (nSPS) is 12.6. The van der Waals surface area contributed by atoms with Crippen molar-refractivity contribution in [1.82, 2.24) is 14.9 Å². The molecule has 12 nitrogen and oxygen atoms in total. The number of carbonyl (C=O) groups excluding carboxylic acids is 2. The SMILES string of the molecule is COC(=O)[C@H](Cc1ccccc1)NC(=O)CN(CCCOP(OCCC#N)N(C(C)C)C(C)C)CCCOC(c1ccccc1)(c1ccc(OC)cc1)c1ccc(OC)cc1. The average Bonchev–Trinajstić information content (AvgIpc) is 3.27. The summed E-state index contributed by atoms with van der Waals surface area (Å²) in [5.41, 5.74) is 2.73. The second-order valence-electron chi connectivity index (χ2n) is 15.0. The fraction of sp³-hybridized carbons (Fsp3) is 0.438. The van der Waals surface area contributed by atoms with Crippen LogP contribution >= 0.6 is 8.53 Å². The van der Waals surface area contributed by atoms with Gasteiger partial charge in [-0.3, -0.25) is 9.69 Å². The fourth-order valence-electron chi connectivity index (χ4n) is 7.23. The van der Waals surface area contributed by atoms with E-state index in [0.717, 1.165) is 33.8 Å². The summed E-state index contributed by atoms with van der Waals surface area (Å²) in [6.07, 6.45) is 1.76. The van der Waals surface area contributed by atoms with Crippen LogP contribution in [0.25, 0.3) is 0 Å². The topological polar surface area (TPSA) is 132 Å². The molecule has 0 heterocycles. The van der Waals surface area contributed by atoms with Crippen molar-refractivity contribution in [2.75, 3.05) is 60.8 Å². The van der Waals surface area contributed by atoms with Crippen molar-refractivity contribution in [3.63, 3.8) is 0 Å². The highest BCUT2D eigenvalue weighted by Crippen LogP contribution is 2.46. The molecule has 4 aromatic carbocycles. The lowest BCUT2D eigenvalue weighted by molar-refractivity contribution is -0.145. The predicted molar refractivity (Wildman–Crippen MR) is 239 cm³/mol. The molecule has 0 fully saturated rings. The number of hydrogen-bond acceptors (Lipinski definition) is 11. The Bertz CT molecular complexity index is 1850. The van der Waals surface area contributed by atoms with Crippen molar-refractivity contribution in [2.24, 2.45) is 0 Å². The number of nitrogens with one attached hydrogen (secondary N) is 1. The zero-order valence-corrected chi connectivity index (χ0v) is 37.6. The zero-order valence-electron chi connectivity index (χ0n) is 36.8. The van der Waals surface area contributed by atoms with Crippen LogP contribution in [0.1, 0.15) is 69.2 Å². The van der Waals surface area contributed by atoms with Crippen LogP contribution in [-0.4, -0.2) is 100 Å². The van der Waals surface area contributed by atoms with Crippen molar-refractivity contribution in [3.05, 3.63) is 131 Å². The van der Waals surface area contributed by atoms with Crippen LogP contribution in [0, 0.1) is 11.3 Å². The van der Waals surface area contributed by atoms with Gasteiger partial charge in [0.05, 0.1) is 53.6 Å². The molecule has 0 saturated heterocycles. The number of carbonyl (C=O) groups is 2. The zero-order chi connectivity index (χ0) is 44.0.